The number of nitrogens with one attached hydrogen (secondary N) is 1. The van der Waals surface area contributed by atoms with Gasteiger partial charge >= 0.3 is 5.97 Å². The molecule has 2 aromatic carbocycles. The van der Waals surface area contributed by atoms with Crippen LogP contribution in [0.15, 0.2) is 42.5 Å². The standard InChI is InChI=1S/C23H27N3O5/c1-2-30-20-13-18(14-21(15-20)31-12-9-26-7-10-29-11-8-26)22(23(27)28)25-19-5-3-17(16-24)4-6-19/h3-6,13-15,22,25H,2,7-12H2,1H3,(H,27,28). The Morgan fingerprint density at radius 2 is 1.87 bits per heavy atom. The van der Waals surface area contributed by atoms with Crippen LogP contribution in [-0.2, 0) is 9.53 Å². The van der Waals surface area contributed by atoms with E-state index in [-0.39, 0.29) is 0 Å². The van der Waals surface area contributed by atoms with Crippen molar-refractivity contribution in [2.45, 2.75) is 13.0 Å². The van der Waals surface area contributed by atoms with Crippen LogP contribution in [0, 0.1) is 11.3 Å². The van der Waals surface area contributed by atoms with Gasteiger partial charge in [0.2, 0.25) is 0 Å². The van der Waals surface area contributed by atoms with Crippen molar-refractivity contribution >= 4 is 11.7 Å². The Morgan fingerprint density at radius 1 is 1.19 bits per heavy atom. The Kier molecular flexibility index (Phi) is 8.10. The Labute approximate surface area is 181 Å². The summed E-state index contributed by atoms with van der Waals surface area (Å²) < 4.78 is 16.9. The van der Waals surface area contributed by atoms with E-state index >= 15 is 0 Å². The van der Waals surface area contributed by atoms with Crippen LogP contribution < -0.4 is 14.8 Å². The fourth-order valence-electron chi connectivity index (χ4n) is 3.31. The van der Waals surface area contributed by atoms with Crippen LogP contribution >= 0.6 is 0 Å². The normalized spacial score (nSPS) is 15.0. The second-order valence-electron chi connectivity index (χ2n) is 7.08. The second-order valence-corrected chi connectivity index (χ2v) is 7.08. The maximum Gasteiger partial charge on any atom is 0.330 e. The highest BCUT2D eigenvalue weighted by atomic mass is 16.5. The molecule has 2 aromatic rings. The van der Waals surface area contributed by atoms with E-state index in [4.69, 9.17) is 19.5 Å². The number of morpholine rings is 1. The predicted molar refractivity (Wildman–Crippen MR) is 116 cm³/mol. The number of carbonyl (C=O) groups is 1. The van der Waals surface area contributed by atoms with Gasteiger partial charge in [0.1, 0.15) is 18.1 Å². The topological polar surface area (TPSA) is 104 Å². The molecule has 0 amide bonds. The summed E-state index contributed by atoms with van der Waals surface area (Å²) in [5.41, 5.74) is 1.62. The van der Waals surface area contributed by atoms with Crippen molar-refractivity contribution in [1.29, 1.82) is 5.26 Å². The molecule has 3 rings (SSSR count). The van der Waals surface area contributed by atoms with E-state index in [9.17, 15) is 9.90 Å². The van der Waals surface area contributed by atoms with Gasteiger partial charge in [-0.3, -0.25) is 4.90 Å². The molecular formula is C23H27N3O5. The molecule has 1 heterocycles. The molecular weight excluding hydrogens is 398 g/mol. The Hall–Kier alpha value is -3.28. The Morgan fingerprint density at radius 3 is 2.48 bits per heavy atom. The summed E-state index contributed by atoms with van der Waals surface area (Å²) in [6, 6.07) is 12.9. The van der Waals surface area contributed by atoms with Gasteiger partial charge in [-0.05, 0) is 48.9 Å². The summed E-state index contributed by atoms with van der Waals surface area (Å²) in [4.78, 5) is 14.3. The summed E-state index contributed by atoms with van der Waals surface area (Å²) in [5, 5.41) is 21.8. The van der Waals surface area contributed by atoms with Gasteiger partial charge in [-0.15, -0.1) is 0 Å². The van der Waals surface area contributed by atoms with Crippen LogP contribution in [0.5, 0.6) is 11.5 Å². The molecule has 2 N–H and O–H groups in total. The molecule has 1 saturated heterocycles. The molecule has 1 atom stereocenters. The highest BCUT2D eigenvalue weighted by Gasteiger charge is 2.22. The van der Waals surface area contributed by atoms with Crippen molar-refractivity contribution in [2.24, 2.45) is 0 Å². The molecule has 0 saturated carbocycles. The van der Waals surface area contributed by atoms with Crippen molar-refractivity contribution in [3.8, 4) is 17.6 Å². The minimum absolute atomic E-state index is 0.456. The average Bonchev–Trinajstić information content (AvgIpc) is 2.78. The first-order valence-electron chi connectivity index (χ1n) is 10.3. The van der Waals surface area contributed by atoms with Crippen LogP contribution in [-0.4, -0.2) is 62.0 Å². The van der Waals surface area contributed by atoms with Crippen LogP contribution in [0.3, 0.4) is 0 Å². The zero-order valence-electron chi connectivity index (χ0n) is 17.5. The van der Waals surface area contributed by atoms with E-state index in [0.29, 0.717) is 41.5 Å². The van der Waals surface area contributed by atoms with Gasteiger partial charge in [-0.2, -0.15) is 5.26 Å². The van der Waals surface area contributed by atoms with Gasteiger partial charge in [0.05, 0.1) is 31.5 Å². The van der Waals surface area contributed by atoms with E-state index in [1.807, 2.05) is 13.0 Å². The number of benzene rings is 2. The number of nitrogens with zero attached hydrogens (tertiary/aromatic N) is 2. The summed E-state index contributed by atoms with van der Waals surface area (Å²) in [6.07, 6.45) is 0. The van der Waals surface area contributed by atoms with Crippen LogP contribution in [0.2, 0.25) is 0 Å². The third-order valence-corrected chi connectivity index (χ3v) is 4.90. The quantitative estimate of drug-likeness (QED) is 0.599. The summed E-state index contributed by atoms with van der Waals surface area (Å²) in [7, 11) is 0. The third kappa shape index (κ3) is 6.60. The van der Waals surface area contributed by atoms with Gasteiger partial charge in [-0.1, -0.05) is 0 Å². The Bertz CT molecular complexity index is 904. The molecule has 0 aromatic heterocycles. The average molecular weight is 425 g/mol. The predicted octanol–water partition coefficient (Wildman–Crippen LogP) is 2.91. The fourth-order valence-corrected chi connectivity index (χ4v) is 3.31. The highest BCUT2D eigenvalue weighted by Crippen LogP contribution is 2.29. The van der Waals surface area contributed by atoms with Crippen LogP contribution in [0.4, 0.5) is 5.69 Å². The minimum Gasteiger partial charge on any atom is -0.494 e. The van der Waals surface area contributed by atoms with E-state index in [1.165, 1.54) is 0 Å². The molecule has 8 nitrogen and oxygen atoms in total. The van der Waals surface area contributed by atoms with Gasteiger partial charge in [0.15, 0.2) is 6.04 Å². The number of nitriles is 1. The van der Waals surface area contributed by atoms with E-state index < -0.39 is 12.0 Å². The molecule has 31 heavy (non-hydrogen) atoms. The van der Waals surface area contributed by atoms with E-state index in [0.717, 1.165) is 32.8 Å². The molecule has 8 heteroatoms. The van der Waals surface area contributed by atoms with Gasteiger partial charge in [0, 0.05) is 31.4 Å². The number of anilines is 1. The first-order chi connectivity index (χ1) is 15.1. The number of hydrogen-bond acceptors (Lipinski definition) is 7. The molecule has 0 bridgehead atoms. The lowest BCUT2D eigenvalue weighted by Crippen LogP contribution is -2.38. The largest absolute Gasteiger partial charge is 0.494 e. The number of hydrogen-bond donors (Lipinski definition) is 2. The van der Waals surface area contributed by atoms with Crippen LogP contribution in [0.1, 0.15) is 24.1 Å². The smallest absolute Gasteiger partial charge is 0.330 e. The van der Waals surface area contributed by atoms with Crippen molar-refractivity contribution in [2.75, 3.05) is 51.4 Å². The molecule has 0 aliphatic carbocycles. The molecule has 1 fully saturated rings. The monoisotopic (exact) mass is 425 g/mol. The summed E-state index contributed by atoms with van der Waals surface area (Å²) in [5.74, 6) is 0.0774. The maximum atomic E-state index is 12.0. The lowest BCUT2D eigenvalue weighted by molar-refractivity contribution is -0.138. The van der Waals surface area contributed by atoms with Crippen molar-refractivity contribution in [1.82, 2.24) is 4.90 Å². The second kappa shape index (κ2) is 11.2. The molecule has 1 aliphatic heterocycles. The number of rotatable bonds is 10. The molecule has 164 valence electrons. The number of ether oxygens (including phenoxy) is 3. The first-order valence-corrected chi connectivity index (χ1v) is 10.3. The molecule has 1 unspecified atom stereocenters. The Balaban J connectivity index is 1.75. The molecule has 0 radical (unpaired) electrons. The lowest BCUT2D eigenvalue weighted by Gasteiger charge is -2.26. The first kappa shape index (κ1) is 22.4. The van der Waals surface area contributed by atoms with E-state index in [2.05, 4.69) is 10.2 Å². The summed E-state index contributed by atoms with van der Waals surface area (Å²) >= 11 is 0. The van der Waals surface area contributed by atoms with Gasteiger partial charge < -0.3 is 24.6 Å². The van der Waals surface area contributed by atoms with Crippen molar-refractivity contribution in [3.05, 3.63) is 53.6 Å². The molecule has 0 spiro atoms. The number of carboxylic acids is 1. The lowest BCUT2D eigenvalue weighted by atomic mass is 10.1. The van der Waals surface area contributed by atoms with E-state index in [1.54, 1.807) is 42.5 Å². The number of aliphatic carboxylic acids is 1. The van der Waals surface area contributed by atoms with Crippen molar-refractivity contribution in [3.63, 3.8) is 0 Å². The third-order valence-electron chi connectivity index (χ3n) is 4.90. The molecule has 1 aliphatic rings. The highest BCUT2D eigenvalue weighted by molar-refractivity contribution is 5.79. The number of carboxylic acid groups (broad SMARTS) is 1. The van der Waals surface area contributed by atoms with Crippen LogP contribution in [0.25, 0.3) is 0 Å². The maximum absolute atomic E-state index is 12.0. The minimum atomic E-state index is -1.03. The zero-order valence-corrected chi connectivity index (χ0v) is 17.5. The zero-order chi connectivity index (χ0) is 22.1. The SMILES string of the molecule is CCOc1cc(OCCN2CCOCC2)cc(C(Nc2ccc(C#N)cc2)C(=O)O)c1. The van der Waals surface area contributed by atoms with Gasteiger partial charge in [0.25, 0.3) is 0 Å². The van der Waals surface area contributed by atoms with Crippen molar-refractivity contribution < 1.29 is 24.1 Å². The van der Waals surface area contributed by atoms with Gasteiger partial charge in [-0.25, -0.2) is 4.79 Å². The summed E-state index contributed by atoms with van der Waals surface area (Å²) in [6.45, 7) is 6.79. The fraction of sp³-hybridized carbons (Fsp3) is 0.391.